The molecule has 0 radical (unpaired) electrons. The molecule has 2 heterocycles. The van der Waals surface area contributed by atoms with Crippen LogP contribution in [0.25, 0.3) is 11.0 Å². The van der Waals surface area contributed by atoms with Gasteiger partial charge in [0.25, 0.3) is 5.91 Å². The first-order chi connectivity index (χ1) is 12.4. The second-order valence-corrected chi connectivity index (χ2v) is 9.07. The molecule has 2 aromatic rings. The van der Waals surface area contributed by atoms with Crippen LogP contribution in [0, 0.1) is 0 Å². The standard InChI is InChI=1S/C15H18N4O5S2/c20-13(16-3-8-26(23,24)19-4-6-25-7-5-19)10-1-2-11-12(9-10)18-15(22)14(21)17-11/h1-2,9H,3-8H2,(H,16,20)(H,17,21)(H,18,22). The summed E-state index contributed by atoms with van der Waals surface area (Å²) in [6.45, 7) is 0.985. The Bertz CT molecular complexity index is 1040. The van der Waals surface area contributed by atoms with E-state index in [2.05, 4.69) is 15.3 Å². The Labute approximate surface area is 153 Å². The van der Waals surface area contributed by atoms with Crippen molar-refractivity contribution in [3.63, 3.8) is 0 Å². The van der Waals surface area contributed by atoms with E-state index in [1.165, 1.54) is 22.5 Å². The average Bonchev–Trinajstić information content (AvgIpc) is 2.63. The van der Waals surface area contributed by atoms with Crippen LogP contribution >= 0.6 is 11.8 Å². The van der Waals surface area contributed by atoms with E-state index in [9.17, 15) is 22.8 Å². The SMILES string of the molecule is O=C(NCCS(=O)(=O)N1CCSCC1)c1ccc2[nH]c(=O)c(=O)[nH]c2c1. The first-order valence-corrected chi connectivity index (χ1v) is 10.7. The summed E-state index contributed by atoms with van der Waals surface area (Å²) in [5, 5.41) is 2.57. The maximum Gasteiger partial charge on any atom is 0.314 e. The molecule has 0 atom stereocenters. The summed E-state index contributed by atoms with van der Waals surface area (Å²) in [6, 6.07) is 4.42. The van der Waals surface area contributed by atoms with Gasteiger partial charge in [-0.05, 0) is 18.2 Å². The molecule has 11 heteroatoms. The van der Waals surface area contributed by atoms with Gasteiger partial charge in [0.15, 0.2) is 0 Å². The van der Waals surface area contributed by atoms with E-state index < -0.39 is 27.0 Å². The maximum absolute atomic E-state index is 12.2. The minimum absolute atomic E-state index is 0.00894. The van der Waals surface area contributed by atoms with Gasteiger partial charge in [-0.15, -0.1) is 0 Å². The zero-order valence-corrected chi connectivity index (χ0v) is 15.4. The number of fused-ring (bicyclic) bond motifs is 1. The van der Waals surface area contributed by atoms with Gasteiger partial charge in [-0.2, -0.15) is 11.8 Å². The highest BCUT2D eigenvalue weighted by atomic mass is 32.2. The lowest BCUT2D eigenvalue weighted by atomic mass is 10.2. The van der Waals surface area contributed by atoms with E-state index in [-0.39, 0.29) is 17.9 Å². The van der Waals surface area contributed by atoms with E-state index >= 15 is 0 Å². The fourth-order valence-electron chi connectivity index (χ4n) is 2.61. The predicted octanol–water partition coefficient (Wildman–Crippen LogP) is -0.675. The summed E-state index contributed by atoms with van der Waals surface area (Å²) in [5.41, 5.74) is -0.596. The Hall–Kier alpha value is -2.11. The number of amides is 1. The van der Waals surface area contributed by atoms with Crippen molar-refractivity contribution in [2.75, 3.05) is 36.9 Å². The zero-order chi connectivity index (χ0) is 18.7. The number of sulfonamides is 1. The third-order valence-corrected chi connectivity index (χ3v) is 6.81. The Kier molecular flexibility index (Phi) is 5.49. The van der Waals surface area contributed by atoms with Crippen molar-refractivity contribution >= 4 is 38.7 Å². The van der Waals surface area contributed by atoms with Gasteiger partial charge in [0.05, 0.1) is 16.8 Å². The molecule has 26 heavy (non-hydrogen) atoms. The number of aromatic nitrogens is 2. The zero-order valence-electron chi connectivity index (χ0n) is 13.8. The second-order valence-electron chi connectivity index (χ2n) is 5.75. The normalized spacial score (nSPS) is 15.8. The Morgan fingerprint density at radius 1 is 1.12 bits per heavy atom. The van der Waals surface area contributed by atoms with Crippen LogP contribution in [0.2, 0.25) is 0 Å². The monoisotopic (exact) mass is 398 g/mol. The highest BCUT2D eigenvalue weighted by Crippen LogP contribution is 2.13. The molecule has 0 spiro atoms. The minimum atomic E-state index is -3.39. The van der Waals surface area contributed by atoms with Crippen LogP contribution in [0.1, 0.15) is 10.4 Å². The number of rotatable bonds is 5. The summed E-state index contributed by atoms with van der Waals surface area (Å²) in [7, 11) is -3.39. The average molecular weight is 398 g/mol. The van der Waals surface area contributed by atoms with Gasteiger partial charge in [-0.3, -0.25) is 14.4 Å². The summed E-state index contributed by atoms with van der Waals surface area (Å²) in [4.78, 5) is 39.7. The highest BCUT2D eigenvalue weighted by molar-refractivity contribution is 7.99. The van der Waals surface area contributed by atoms with E-state index in [4.69, 9.17) is 0 Å². The highest BCUT2D eigenvalue weighted by Gasteiger charge is 2.23. The lowest BCUT2D eigenvalue weighted by Crippen LogP contribution is -2.41. The molecule has 1 saturated heterocycles. The van der Waals surface area contributed by atoms with Crippen LogP contribution in [0.3, 0.4) is 0 Å². The summed E-state index contributed by atoms with van der Waals surface area (Å²) in [5.74, 6) is 0.941. The minimum Gasteiger partial charge on any atom is -0.351 e. The number of carbonyl (C=O) groups excluding carboxylic acids is 1. The first kappa shape index (κ1) is 18.7. The lowest BCUT2D eigenvalue weighted by Gasteiger charge is -2.25. The predicted molar refractivity (Wildman–Crippen MR) is 100 cm³/mol. The lowest BCUT2D eigenvalue weighted by molar-refractivity contribution is 0.0956. The van der Waals surface area contributed by atoms with Crippen molar-refractivity contribution in [1.29, 1.82) is 0 Å². The van der Waals surface area contributed by atoms with Crippen molar-refractivity contribution in [2.24, 2.45) is 0 Å². The third-order valence-electron chi connectivity index (χ3n) is 3.99. The molecule has 140 valence electrons. The maximum atomic E-state index is 12.2. The molecule has 3 N–H and O–H groups in total. The molecule has 9 nitrogen and oxygen atoms in total. The largest absolute Gasteiger partial charge is 0.351 e. The number of nitrogens with one attached hydrogen (secondary N) is 3. The van der Waals surface area contributed by atoms with Crippen molar-refractivity contribution in [3.05, 3.63) is 44.5 Å². The summed E-state index contributed by atoms with van der Waals surface area (Å²) >= 11 is 1.72. The summed E-state index contributed by atoms with van der Waals surface area (Å²) in [6.07, 6.45) is 0. The molecule has 1 fully saturated rings. The van der Waals surface area contributed by atoms with E-state index in [1.54, 1.807) is 11.8 Å². The van der Waals surface area contributed by atoms with Crippen LogP contribution < -0.4 is 16.4 Å². The van der Waals surface area contributed by atoms with Crippen molar-refractivity contribution < 1.29 is 13.2 Å². The van der Waals surface area contributed by atoms with Gasteiger partial charge in [0, 0.05) is 36.7 Å². The smallest absolute Gasteiger partial charge is 0.314 e. The van der Waals surface area contributed by atoms with Crippen LogP contribution in [0.4, 0.5) is 0 Å². The Balaban J connectivity index is 1.64. The van der Waals surface area contributed by atoms with E-state index in [1.807, 2.05) is 0 Å². The fourth-order valence-corrected chi connectivity index (χ4v) is 5.10. The molecular formula is C15H18N4O5S2. The molecule has 1 aromatic carbocycles. The number of hydrogen-bond donors (Lipinski definition) is 3. The topological polar surface area (TPSA) is 132 Å². The second kappa shape index (κ2) is 7.64. The molecule has 1 amide bonds. The molecular weight excluding hydrogens is 380 g/mol. The molecule has 1 aliphatic rings. The van der Waals surface area contributed by atoms with Crippen LogP contribution in [-0.4, -0.2) is 65.5 Å². The number of H-pyrrole nitrogens is 2. The van der Waals surface area contributed by atoms with Crippen molar-refractivity contribution in [2.45, 2.75) is 0 Å². The van der Waals surface area contributed by atoms with Crippen LogP contribution in [-0.2, 0) is 10.0 Å². The van der Waals surface area contributed by atoms with E-state index in [0.717, 1.165) is 11.5 Å². The molecule has 3 rings (SSSR count). The van der Waals surface area contributed by atoms with Gasteiger partial charge in [-0.25, -0.2) is 12.7 Å². The number of thioether (sulfide) groups is 1. The van der Waals surface area contributed by atoms with Gasteiger partial charge in [0.2, 0.25) is 10.0 Å². The van der Waals surface area contributed by atoms with Gasteiger partial charge in [-0.1, -0.05) is 0 Å². The number of hydrogen-bond acceptors (Lipinski definition) is 6. The summed E-state index contributed by atoms with van der Waals surface area (Å²) < 4.78 is 25.9. The number of aromatic amines is 2. The molecule has 1 aromatic heterocycles. The van der Waals surface area contributed by atoms with Gasteiger partial charge < -0.3 is 15.3 Å². The van der Waals surface area contributed by atoms with Crippen molar-refractivity contribution in [1.82, 2.24) is 19.6 Å². The third kappa shape index (κ3) is 4.17. The Morgan fingerprint density at radius 3 is 2.46 bits per heavy atom. The quantitative estimate of drug-likeness (QED) is 0.572. The van der Waals surface area contributed by atoms with Crippen molar-refractivity contribution in [3.8, 4) is 0 Å². The van der Waals surface area contributed by atoms with Gasteiger partial charge >= 0.3 is 11.1 Å². The molecule has 0 unspecified atom stereocenters. The van der Waals surface area contributed by atoms with Crippen LogP contribution in [0.5, 0.6) is 0 Å². The molecule has 1 aliphatic heterocycles. The molecule has 0 saturated carbocycles. The van der Waals surface area contributed by atoms with Crippen LogP contribution in [0.15, 0.2) is 27.8 Å². The number of benzene rings is 1. The number of carbonyl (C=O) groups is 1. The first-order valence-electron chi connectivity index (χ1n) is 7.97. The Morgan fingerprint density at radius 2 is 1.77 bits per heavy atom. The molecule has 0 aliphatic carbocycles. The number of nitrogens with zero attached hydrogens (tertiary/aromatic N) is 1. The van der Waals surface area contributed by atoms with Gasteiger partial charge in [0.1, 0.15) is 0 Å². The fraction of sp³-hybridized carbons (Fsp3) is 0.400. The van der Waals surface area contributed by atoms with E-state index in [0.29, 0.717) is 24.1 Å². The molecule has 0 bridgehead atoms.